The Morgan fingerprint density at radius 3 is 2.49 bits per heavy atom. The molecule has 7 nitrogen and oxygen atoms in total. The lowest BCUT2D eigenvalue weighted by molar-refractivity contribution is -0.123. The van der Waals surface area contributed by atoms with Crippen LogP contribution in [0.25, 0.3) is 6.08 Å². The fourth-order valence-electron chi connectivity index (χ4n) is 6.78. The second-order valence-electron chi connectivity index (χ2n) is 11.1. The maximum absolute atomic E-state index is 13.9. The minimum Gasteiger partial charge on any atom is -0.504 e. The molecule has 3 aliphatic carbocycles. The Hall–Kier alpha value is -4.52. The van der Waals surface area contributed by atoms with Gasteiger partial charge in [-0.15, -0.1) is 0 Å². The van der Waals surface area contributed by atoms with Crippen LogP contribution in [-0.2, 0) is 25.6 Å². The monoisotopic (exact) mass is 549 g/mol. The molecule has 1 N–H and O–H groups in total. The number of fused-ring (bicyclic) bond motifs is 3. The van der Waals surface area contributed by atoms with Crippen molar-refractivity contribution in [3.63, 3.8) is 0 Å². The van der Waals surface area contributed by atoms with E-state index in [1.807, 2.05) is 49.4 Å². The summed E-state index contributed by atoms with van der Waals surface area (Å²) in [5, 5.41) is 10.00. The van der Waals surface area contributed by atoms with Crippen LogP contribution in [0.1, 0.15) is 37.8 Å². The number of nitrogens with zero attached hydrogens (tertiary/aromatic N) is 1. The first-order valence-electron chi connectivity index (χ1n) is 14.0. The van der Waals surface area contributed by atoms with Crippen molar-refractivity contribution in [2.75, 3.05) is 12.0 Å². The van der Waals surface area contributed by atoms with Gasteiger partial charge in [0.05, 0.1) is 24.6 Å². The standard InChI is InChI=1S/C34H31NO6/c1-4-19-5-9-21(10-6-19)35-33(39)24-13-12-22-23(11-7-20-8-14-27(36)29(16-20)41-3)30-26(17-25(22)31(24)34(35)40)28(37)15-18(2)32(30)38/h5-12,14-16,23-25,31,36H,4,13,17H2,1-3H3. The molecule has 4 atom stereocenters. The number of allylic oxidation sites excluding steroid dienone is 7. The summed E-state index contributed by atoms with van der Waals surface area (Å²) in [5.41, 5.74) is 4.57. The molecule has 1 heterocycles. The number of benzene rings is 2. The topological polar surface area (TPSA) is 101 Å². The number of hydrogen-bond acceptors (Lipinski definition) is 6. The quantitative estimate of drug-likeness (QED) is 0.315. The van der Waals surface area contributed by atoms with Crippen molar-refractivity contribution in [2.45, 2.75) is 33.1 Å². The van der Waals surface area contributed by atoms with Crippen molar-refractivity contribution in [1.29, 1.82) is 0 Å². The highest BCUT2D eigenvalue weighted by Gasteiger charge is 2.56. The summed E-state index contributed by atoms with van der Waals surface area (Å²) in [6, 6.07) is 12.4. The average molecular weight is 550 g/mol. The molecule has 2 aromatic rings. The van der Waals surface area contributed by atoms with Crippen molar-refractivity contribution in [2.24, 2.45) is 23.7 Å². The highest BCUT2D eigenvalue weighted by Crippen LogP contribution is 2.53. The molecule has 2 aromatic carbocycles. The zero-order valence-electron chi connectivity index (χ0n) is 23.2. The van der Waals surface area contributed by atoms with Gasteiger partial charge in [-0.3, -0.25) is 24.1 Å². The number of carbonyl (C=O) groups is 4. The average Bonchev–Trinajstić information content (AvgIpc) is 3.24. The van der Waals surface area contributed by atoms with E-state index in [-0.39, 0.29) is 41.5 Å². The number of carbonyl (C=O) groups excluding carboxylic acids is 4. The van der Waals surface area contributed by atoms with Crippen LogP contribution in [0.4, 0.5) is 5.69 Å². The Labute approximate surface area is 238 Å². The van der Waals surface area contributed by atoms with Crippen LogP contribution in [0, 0.1) is 23.7 Å². The van der Waals surface area contributed by atoms with Gasteiger partial charge in [-0.2, -0.15) is 0 Å². The van der Waals surface area contributed by atoms with E-state index < -0.39 is 17.8 Å². The highest BCUT2D eigenvalue weighted by atomic mass is 16.5. The number of rotatable bonds is 5. The number of hydrogen-bond donors (Lipinski definition) is 1. The maximum Gasteiger partial charge on any atom is 0.238 e. The van der Waals surface area contributed by atoms with E-state index in [1.165, 1.54) is 24.2 Å². The lowest BCUT2D eigenvalue weighted by Gasteiger charge is -2.41. The fraction of sp³-hybridized carbons (Fsp3) is 0.294. The Morgan fingerprint density at radius 1 is 1.02 bits per heavy atom. The summed E-state index contributed by atoms with van der Waals surface area (Å²) in [6.45, 7) is 3.69. The molecule has 1 aliphatic heterocycles. The van der Waals surface area contributed by atoms with Gasteiger partial charge in [-0.25, -0.2) is 0 Å². The molecule has 1 saturated heterocycles. The van der Waals surface area contributed by atoms with Crippen LogP contribution in [0.5, 0.6) is 11.5 Å². The Bertz CT molecular complexity index is 1620. The van der Waals surface area contributed by atoms with Crippen LogP contribution < -0.4 is 9.64 Å². The van der Waals surface area contributed by atoms with E-state index in [2.05, 4.69) is 0 Å². The van der Waals surface area contributed by atoms with E-state index in [0.29, 0.717) is 34.6 Å². The van der Waals surface area contributed by atoms with Crippen molar-refractivity contribution in [3.05, 3.63) is 94.1 Å². The van der Waals surface area contributed by atoms with Crippen molar-refractivity contribution in [3.8, 4) is 11.5 Å². The molecule has 208 valence electrons. The predicted octanol–water partition coefficient (Wildman–Crippen LogP) is 5.14. The van der Waals surface area contributed by atoms with E-state index in [0.717, 1.165) is 23.1 Å². The van der Waals surface area contributed by atoms with Crippen LogP contribution in [0.2, 0.25) is 0 Å². The number of aryl methyl sites for hydroxylation is 1. The first kappa shape index (κ1) is 26.7. The normalized spacial score (nSPS) is 25.7. The Morgan fingerprint density at radius 2 is 1.78 bits per heavy atom. The summed E-state index contributed by atoms with van der Waals surface area (Å²) < 4.78 is 5.24. The van der Waals surface area contributed by atoms with Crippen molar-refractivity contribution >= 4 is 35.1 Å². The van der Waals surface area contributed by atoms with Crippen LogP contribution in [-0.4, -0.2) is 35.6 Å². The molecular formula is C34H31NO6. The molecule has 0 bridgehead atoms. The smallest absolute Gasteiger partial charge is 0.238 e. The SMILES string of the molecule is CCc1ccc(N2C(=O)C3CC=C4C(C=Cc5ccc(O)c(OC)c5)C5=C(CC4C3C2=O)C(=O)C=C(C)C5=O)cc1. The van der Waals surface area contributed by atoms with E-state index in [9.17, 15) is 24.3 Å². The van der Waals surface area contributed by atoms with Crippen molar-refractivity contribution < 1.29 is 29.0 Å². The lowest BCUT2D eigenvalue weighted by Crippen LogP contribution is -2.40. The van der Waals surface area contributed by atoms with Gasteiger partial charge in [-0.05, 0) is 73.6 Å². The van der Waals surface area contributed by atoms with E-state index >= 15 is 0 Å². The number of phenols is 1. The molecule has 0 aromatic heterocycles. The third-order valence-electron chi connectivity index (χ3n) is 8.90. The summed E-state index contributed by atoms with van der Waals surface area (Å²) >= 11 is 0. The number of ether oxygens (including phenoxy) is 1. The summed E-state index contributed by atoms with van der Waals surface area (Å²) in [5.74, 6) is -2.55. The number of methoxy groups -OCH3 is 1. The van der Waals surface area contributed by atoms with Gasteiger partial charge in [0.15, 0.2) is 23.1 Å². The number of imide groups is 1. The largest absolute Gasteiger partial charge is 0.504 e. The number of ketones is 2. The molecule has 0 spiro atoms. The molecule has 0 radical (unpaired) electrons. The third kappa shape index (κ3) is 4.27. The predicted molar refractivity (Wildman–Crippen MR) is 154 cm³/mol. The molecule has 4 aliphatic rings. The second kappa shape index (κ2) is 10.1. The van der Waals surface area contributed by atoms with Gasteiger partial charge < -0.3 is 9.84 Å². The number of amides is 2. The number of Topliss-reactive ketones (excluding diaryl/α,β-unsaturated/α-hetero) is 1. The summed E-state index contributed by atoms with van der Waals surface area (Å²) in [4.78, 5) is 55.5. The molecule has 2 amide bonds. The Balaban J connectivity index is 1.41. The number of aromatic hydroxyl groups is 1. The number of anilines is 1. The lowest BCUT2D eigenvalue weighted by atomic mass is 9.60. The van der Waals surface area contributed by atoms with Gasteiger partial charge in [0.25, 0.3) is 0 Å². The maximum atomic E-state index is 13.9. The first-order chi connectivity index (χ1) is 19.7. The van der Waals surface area contributed by atoms with Gasteiger partial charge in [-0.1, -0.05) is 48.9 Å². The molecule has 0 saturated carbocycles. The fourth-order valence-corrected chi connectivity index (χ4v) is 6.78. The van der Waals surface area contributed by atoms with Gasteiger partial charge >= 0.3 is 0 Å². The zero-order chi connectivity index (χ0) is 29.0. The minimum atomic E-state index is -0.609. The number of phenolic OH excluding ortho intramolecular Hbond substituents is 1. The summed E-state index contributed by atoms with van der Waals surface area (Å²) in [6.07, 6.45) is 8.59. The van der Waals surface area contributed by atoms with Crippen LogP contribution in [0.3, 0.4) is 0 Å². The molecule has 41 heavy (non-hydrogen) atoms. The van der Waals surface area contributed by atoms with E-state index in [4.69, 9.17) is 4.74 Å². The van der Waals surface area contributed by atoms with Gasteiger partial charge in [0.1, 0.15) is 0 Å². The Kier molecular flexibility index (Phi) is 6.60. The van der Waals surface area contributed by atoms with E-state index in [1.54, 1.807) is 19.1 Å². The van der Waals surface area contributed by atoms with Gasteiger partial charge in [0.2, 0.25) is 11.8 Å². The summed E-state index contributed by atoms with van der Waals surface area (Å²) in [7, 11) is 1.47. The molecule has 4 unspecified atom stereocenters. The van der Waals surface area contributed by atoms with Crippen LogP contribution in [0.15, 0.2) is 83.0 Å². The zero-order valence-corrected chi connectivity index (χ0v) is 23.2. The van der Waals surface area contributed by atoms with Crippen LogP contribution >= 0.6 is 0 Å². The minimum absolute atomic E-state index is 0.0144. The first-order valence-corrected chi connectivity index (χ1v) is 14.0. The molecular weight excluding hydrogens is 518 g/mol. The third-order valence-corrected chi connectivity index (χ3v) is 8.90. The highest BCUT2D eigenvalue weighted by molar-refractivity contribution is 6.24. The molecule has 6 rings (SSSR count). The van der Waals surface area contributed by atoms with Gasteiger partial charge in [0, 0.05) is 22.6 Å². The van der Waals surface area contributed by atoms with Crippen molar-refractivity contribution in [1.82, 2.24) is 0 Å². The molecule has 7 heteroatoms. The molecule has 1 fully saturated rings. The second-order valence-corrected chi connectivity index (χ2v) is 11.1.